The van der Waals surface area contributed by atoms with Gasteiger partial charge in [-0.1, -0.05) is 42.1 Å². The molecule has 4 nitrogen and oxygen atoms in total. The number of fused-ring (bicyclic) bond motifs is 1. The molecule has 0 saturated heterocycles. The number of nitrogens with zero attached hydrogens (tertiary/aromatic N) is 1. The summed E-state index contributed by atoms with van der Waals surface area (Å²) in [6.45, 7) is 0. The molecule has 0 saturated carbocycles. The maximum Gasteiger partial charge on any atom is 0.170 e. The SMILES string of the molecule is COC1=CNC(c2c[nH]c3ncc(-c4ccccc4)cc23)S1. The molecule has 2 N–H and O–H groups in total. The summed E-state index contributed by atoms with van der Waals surface area (Å²) in [5.74, 6) is 0. The normalized spacial score (nSPS) is 17.3. The minimum Gasteiger partial charge on any atom is -0.489 e. The van der Waals surface area contributed by atoms with Crippen LogP contribution in [-0.4, -0.2) is 17.1 Å². The highest BCUT2D eigenvalue weighted by Gasteiger charge is 2.23. The van der Waals surface area contributed by atoms with Crippen LogP contribution in [0.2, 0.25) is 0 Å². The number of hydrogen-bond donors (Lipinski definition) is 2. The van der Waals surface area contributed by atoms with Crippen molar-refractivity contribution in [1.29, 1.82) is 0 Å². The molecular formula is C17H15N3OS. The van der Waals surface area contributed by atoms with Gasteiger partial charge in [0.25, 0.3) is 0 Å². The van der Waals surface area contributed by atoms with E-state index in [0.29, 0.717) is 0 Å². The molecule has 0 bridgehead atoms. The van der Waals surface area contributed by atoms with E-state index in [2.05, 4.69) is 33.5 Å². The van der Waals surface area contributed by atoms with Crippen LogP contribution in [0.1, 0.15) is 10.9 Å². The molecular weight excluding hydrogens is 294 g/mol. The number of benzene rings is 1. The molecule has 110 valence electrons. The van der Waals surface area contributed by atoms with E-state index in [9.17, 15) is 0 Å². The number of pyridine rings is 1. The molecule has 1 aliphatic rings. The summed E-state index contributed by atoms with van der Waals surface area (Å²) in [5, 5.41) is 5.52. The standard InChI is InChI=1S/C17H15N3OS/c1-21-15-10-20-17(22-15)14-9-19-16-13(14)7-12(8-18-16)11-5-3-2-4-6-11/h2-10,17,20H,1H3,(H,18,19). The van der Waals surface area contributed by atoms with Crippen molar-refractivity contribution in [2.24, 2.45) is 0 Å². The number of methoxy groups -OCH3 is 1. The van der Waals surface area contributed by atoms with Crippen LogP contribution in [0.5, 0.6) is 0 Å². The number of hydrogen-bond acceptors (Lipinski definition) is 4. The zero-order chi connectivity index (χ0) is 14.9. The molecule has 0 spiro atoms. The van der Waals surface area contributed by atoms with Crippen LogP contribution in [0.3, 0.4) is 0 Å². The maximum atomic E-state index is 5.28. The predicted molar refractivity (Wildman–Crippen MR) is 90.1 cm³/mol. The summed E-state index contributed by atoms with van der Waals surface area (Å²) in [7, 11) is 1.69. The second kappa shape index (κ2) is 5.42. The Hall–Kier alpha value is -2.40. The molecule has 0 radical (unpaired) electrons. The lowest BCUT2D eigenvalue weighted by molar-refractivity contribution is 0.324. The first-order chi connectivity index (χ1) is 10.8. The smallest absolute Gasteiger partial charge is 0.170 e. The molecule has 0 amide bonds. The van der Waals surface area contributed by atoms with Gasteiger partial charge in [-0.25, -0.2) is 4.98 Å². The van der Waals surface area contributed by atoms with Crippen LogP contribution in [0, 0.1) is 0 Å². The van der Waals surface area contributed by atoms with Gasteiger partial charge < -0.3 is 15.0 Å². The van der Waals surface area contributed by atoms with Gasteiger partial charge in [0.05, 0.1) is 7.11 Å². The molecule has 1 unspecified atom stereocenters. The summed E-state index contributed by atoms with van der Waals surface area (Å²) in [6.07, 6.45) is 5.83. The molecule has 22 heavy (non-hydrogen) atoms. The largest absolute Gasteiger partial charge is 0.489 e. The number of aromatic amines is 1. The van der Waals surface area contributed by atoms with Gasteiger partial charge in [0.15, 0.2) is 5.09 Å². The Morgan fingerprint density at radius 1 is 1.18 bits per heavy atom. The Bertz CT molecular complexity index is 841. The van der Waals surface area contributed by atoms with Crippen LogP contribution < -0.4 is 5.32 Å². The third kappa shape index (κ3) is 2.23. The molecule has 0 fully saturated rings. The third-order valence-electron chi connectivity index (χ3n) is 3.74. The topological polar surface area (TPSA) is 49.9 Å². The van der Waals surface area contributed by atoms with E-state index < -0.39 is 0 Å². The fourth-order valence-corrected chi connectivity index (χ4v) is 3.54. The lowest BCUT2D eigenvalue weighted by atomic mass is 10.1. The Morgan fingerprint density at radius 2 is 2.05 bits per heavy atom. The van der Waals surface area contributed by atoms with Gasteiger partial charge in [-0.3, -0.25) is 0 Å². The molecule has 1 aromatic carbocycles. The minimum atomic E-state index is 0.150. The monoisotopic (exact) mass is 309 g/mol. The van der Waals surface area contributed by atoms with Crippen molar-refractivity contribution in [1.82, 2.24) is 15.3 Å². The number of rotatable bonds is 3. The first-order valence-electron chi connectivity index (χ1n) is 7.04. The van der Waals surface area contributed by atoms with E-state index in [1.165, 1.54) is 11.1 Å². The zero-order valence-electron chi connectivity index (χ0n) is 12.0. The van der Waals surface area contributed by atoms with E-state index in [0.717, 1.165) is 21.7 Å². The predicted octanol–water partition coefficient (Wildman–Crippen LogP) is 4.01. The molecule has 1 atom stereocenters. The van der Waals surface area contributed by atoms with Crippen LogP contribution >= 0.6 is 11.8 Å². The fraction of sp³-hybridized carbons (Fsp3) is 0.118. The third-order valence-corrected chi connectivity index (χ3v) is 4.88. The van der Waals surface area contributed by atoms with Crippen molar-refractivity contribution in [3.63, 3.8) is 0 Å². The molecule has 2 aromatic heterocycles. The van der Waals surface area contributed by atoms with Crippen molar-refractivity contribution in [2.45, 2.75) is 5.37 Å². The lowest BCUT2D eigenvalue weighted by Gasteiger charge is -2.09. The number of aromatic nitrogens is 2. The van der Waals surface area contributed by atoms with Gasteiger partial charge in [-0.15, -0.1) is 0 Å². The van der Waals surface area contributed by atoms with Gasteiger partial charge in [-0.2, -0.15) is 0 Å². The number of H-pyrrole nitrogens is 1. The second-order valence-electron chi connectivity index (χ2n) is 5.06. The van der Waals surface area contributed by atoms with Crippen LogP contribution in [-0.2, 0) is 4.74 Å². The van der Waals surface area contributed by atoms with Crippen LogP contribution in [0.15, 0.2) is 60.1 Å². The van der Waals surface area contributed by atoms with Gasteiger partial charge in [0.1, 0.15) is 11.0 Å². The number of thioether (sulfide) groups is 1. The van der Waals surface area contributed by atoms with Crippen molar-refractivity contribution >= 4 is 22.8 Å². The van der Waals surface area contributed by atoms with Crippen molar-refractivity contribution < 1.29 is 4.74 Å². The highest BCUT2D eigenvalue weighted by molar-refractivity contribution is 8.03. The average Bonchev–Trinajstić information content (AvgIpc) is 3.21. The molecule has 0 aliphatic carbocycles. The van der Waals surface area contributed by atoms with Crippen molar-refractivity contribution in [3.8, 4) is 11.1 Å². The molecule has 1 aliphatic heterocycles. The summed E-state index contributed by atoms with van der Waals surface area (Å²) >= 11 is 1.66. The first kappa shape index (κ1) is 13.3. The van der Waals surface area contributed by atoms with E-state index in [-0.39, 0.29) is 5.37 Å². The summed E-state index contributed by atoms with van der Waals surface area (Å²) < 4.78 is 5.28. The summed E-state index contributed by atoms with van der Waals surface area (Å²) in [5.41, 5.74) is 4.39. The molecule has 3 heterocycles. The van der Waals surface area contributed by atoms with E-state index in [1.54, 1.807) is 18.9 Å². The minimum absolute atomic E-state index is 0.150. The summed E-state index contributed by atoms with van der Waals surface area (Å²) in [4.78, 5) is 7.80. The van der Waals surface area contributed by atoms with Crippen LogP contribution in [0.4, 0.5) is 0 Å². The quantitative estimate of drug-likeness (QED) is 0.767. The Morgan fingerprint density at radius 3 is 2.82 bits per heavy atom. The van der Waals surface area contributed by atoms with Crippen LogP contribution in [0.25, 0.3) is 22.2 Å². The first-order valence-corrected chi connectivity index (χ1v) is 7.92. The number of ether oxygens (including phenoxy) is 1. The van der Waals surface area contributed by atoms with Crippen molar-refractivity contribution in [3.05, 3.63) is 65.6 Å². The Balaban J connectivity index is 1.75. The summed E-state index contributed by atoms with van der Waals surface area (Å²) in [6, 6.07) is 12.5. The van der Waals surface area contributed by atoms with E-state index in [1.807, 2.05) is 36.8 Å². The van der Waals surface area contributed by atoms with E-state index >= 15 is 0 Å². The molecule has 4 rings (SSSR count). The van der Waals surface area contributed by atoms with Crippen molar-refractivity contribution in [2.75, 3.05) is 7.11 Å². The highest BCUT2D eigenvalue weighted by atomic mass is 32.2. The van der Waals surface area contributed by atoms with Gasteiger partial charge in [-0.05, 0) is 11.6 Å². The molecule has 3 aromatic rings. The zero-order valence-corrected chi connectivity index (χ0v) is 12.9. The number of nitrogens with one attached hydrogen (secondary N) is 2. The Kier molecular flexibility index (Phi) is 3.27. The maximum absolute atomic E-state index is 5.28. The van der Waals surface area contributed by atoms with Gasteiger partial charge in [0, 0.05) is 35.1 Å². The Labute approximate surface area is 132 Å². The average molecular weight is 309 g/mol. The van der Waals surface area contributed by atoms with Gasteiger partial charge in [0.2, 0.25) is 0 Å². The second-order valence-corrected chi connectivity index (χ2v) is 6.17. The lowest BCUT2D eigenvalue weighted by Crippen LogP contribution is -2.06. The molecule has 5 heteroatoms. The fourth-order valence-electron chi connectivity index (χ4n) is 2.62. The van der Waals surface area contributed by atoms with E-state index in [4.69, 9.17) is 4.74 Å². The highest BCUT2D eigenvalue weighted by Crippen LogP contribution is 2.40. The van der Waals surface area contributed by atoms with Gasteiger partial charge >= 0.3 is 0 Å².